The Morgan fingerprint density at radius 2 is 2.25 bits per heavy atom. The monoisotopic (exact) mass is 341 g/mol. The van der Waals surface area contributed by atoms with Crippen LogP contribution in [0.25, 0.3) is 0 Å². The van der Waals surface area contributed by atoms with E-state index in [1.807, 2.05) is 0 Å². The van der Waals surface area contributed by atoms with Crippen LogP contribution in [0.15, 0.2) is 27.0 Å². The van der Waals surface area contributed by atoms with Crippen LogP contribution in [0.3, 0.4) is 0 Å². The molecule has 0 unspecified atom stereocenters. The first-order valence-electron chi connectivity index (χ1n) is 3.96. The quantitative estimate of drug-likeness (QED) is 0.900. The van der Waals surface area contributed by atoms with Crippen LogP contribution in [0.4, 0.5) is 5.82 Å². The highest BCUT2D eigenvalue weighted by atomic mass is 79.9. The molecule has 2 N–H and O–H groups in total. The number of thiophene rings is 1. The van der Waals surface area contributed by atoms with Crippen LogP contribution in [-0.2, 0) is 10.0 Å². The van der Waals surface area contributed by atoms with Crippen LogP contribution in [0.5, 0.6) is 0 Å². The summed E-state index contributed by atoms with van der Waals surface area (Å²) in [5.74, 6) is 0.282. The summed E-state index contributed by atoms with van der Waals surface area (Å²) in [6.45, 7) is 0. The zero-order valence-electron chi connectivity index (χ0n) is 7.57. The van der Waals surface area contributed by atoms with E-state index in [0.29, 0.717) is 8.81 Å². The molecule has 0 amide bonds. The van der Waals surface area contributed by atoms with Gasteiger partial charge in [-0.2, -0.15) is 5.10 Å². The lowest BCUT2D eigenvalue weighted by Gasteiger charge is -2.03. The average molecular weight is 343 g/mol. The van der Waals surface area contributed by atoms with E-state index in [9.17, 15) is 8.42 Å². The van der Waals surface area contributed by atoms with E-state index in [2.05, 4.69) is 30.8 Å². The number of sulfonamides is 1. The summed E-state index contributed by atoms with van der Waals surface area (Å²) in [6.07, 6.45) is 1.46. The summed E-state index contributed by atoms with van der Waals surface area (Å²) in [6, 6.07) is 2.97. The Kier molecular flexibility index (Phi) is 3.24. The molecule has 0 spiro atoms. The molecule has 0 aliphatic carbocycles. The minimum atomic E-state index is -3.60. The van der Waals surface area contributed by atoms with Crippen molar-refractivity contribution in [3.8, 4) is 0 Å². The number of rotatable bonds is 3. The van der Waals surface area contributed by atoms with Crippen molar-refractivity contribution < 1.29 is 8.42 Å². The molecule has 2 rings (SSSR count). The van der Waals surface area contributed by atoms with Gasteiger partial charge in [0, 0.05) is 0 Å². The summed E-state index contributed by atoms with van der Waals surface area (Å²) in [5, 5.41) is 6.21. The molecule has 0 fully saturated rings. The Hall–Kier alpha value is -0.570. The van der Waals surface area contributed by atoms with Gasteiger partial charge < -0.3 is 0 Å². The normalized spacial score (nSPS) is 11.6. The Balaban J connectivity index is 2.31. The molecule has 5 nitrogen and oxygen atoms in total. The lowest BCUT2D eigenvalue weighted by atomic mass is 10.7. The van der Waals surface area contributed by atoms with E-state index in [4.69, 9.17) is 11.6 Å². The third kappa shape index (κ3) is 2.40. The Bertz CT molecular complexity index is 607. The number of halogens is 2. The number of nitrogens with one attached hydrogen (secondary N) is 2. The fourth-order valence-electron chi connectivity index (χ4n) is 0.970. The Labute approximate surface area is 109 Å². The van der Waals surface area contributed by atoms with Gasteiger partial charge in [0.1, 0.15) is 10.0 Å². The van der Waals surface area contributed by atoms with Crippen molar-refractivity contribution in [3.63, 3.8) is 0 Å². The molecule has 0 saturated heterocycles. The third-order valence-electron chi connectivity index (χ3n) is 1.64. The summed E-state index contributed by atoms with van der Waals surface area (Å²) >= 11 is 9.82. The topological polar surface area (TPSA) is 74.8 Å². The van der Waals surface area contributed by atoms with E-state index in [0.717, 1.165) is 11.3 Å². The number of aromatic amines is 1. The van der Waals surface area contributed by atoms with Crippen molar-refractivity contribution in [2.45, 2.75) is 4.21 Å². The highest BCUT2D eigenvalue weighted by molar-refractivity contribution is 9.10. The molecule has 0 saturated carbocycles. The lowest BCUT2D eigenvalue weighted by molar-refractivity contribution is 0.603. The first-order chi connectivity index (χ1) is 7.49. The number of nitrogens with zero attached hydrogens (tertiary/aromatic N) is 1. The van der Waals surface area contributed by atoms with Gasteiger partial charge in [-0.05, 0) is 28.1 Å². The van der Waals surface area contributed by atoms with Crippen molar-refractivity contribution in [2.75, 3.05) is 4.72 Å². The van der Waals surface area contributed by atoms with Crippen molar-refractivity contribution in [1.82, 2.24) is 10.2 Å². The summed E-state index contributed by atoms with van der Waals surface area (Å²) in [4.78, 5) is 0. The van der Waals surface area contributed by atoms with Gasteiger partial charge >= 0.3 is 0 Å². The van der Waals surface area contributed by atoms with Gasteiger partial charge in [0.05, 0.1) is 15.0 Å². The maximum absolute atomic E-state index is 11.8. The first kappa shape index (κ1) is 11.9. The zero-order chi connectivity index (χ0) is 11.8. The number of aromatic nitrogens is 2. The summed E-state index contributed by atoms with van der Waals surface area (Å²) in [5.41, 5.74) is 0. The van der Waals surface area contributed by atoms with Crippen LogP contribution in [0, 0.1) is 0 Å². The standard InChI is InChI=1S/C7H5BrClN3O2S2/c8-4-3-10-11-7(4)12-16(13,14)6-2-1-5(9)15-6/h1-3H,(H2,10,11,12). The van der Waals surface area contributed by atoms with Crippen LogP contribution >= 0.6 is 38.9 Å². The van der Waals surface area contributed by atoms with Crippen LogP contribution in [-0.4, -0.2) is 18.6 Å². The highest BCUT2D eigenvalue weighted by Gasteiger charge is 2.18. The van der Waals surface area contributed by atoms with Gasteiger partial charge in [-0.15, -0.1) is 11.3 Å². The average Bonchev–Trinajstić information content (AvgIpc) is 2.77. The van der Waals surface area contributed by atoms with Gasteiger partial charge in [-0.3, -0.25) is 9.82 Å². The minimum Gasteiger partial charge on any atom is -0.262 e. The molecular weight excluding hydrogens is 338 g/mol. The fourth-order valence-corrected chi connectivity index (χ4v) is 3.91. The molecule has 2 aromatic rings. The van der Waals surface area contributed by atoms with E-state index >= 15 is 0 Å². The minimum absolute atomic E-state index is 0.152. The van der Waals surface area contributed by atoms with Crippen molar-refractivity contribution in [3.05, 3.63) is 27.1 Å². The first-order valence-corrected chi connectivity index (χ1v) is 7.43. The maximum Gasteiger partial charge on any atom is 0.272 e. The molecule has 0 atom stereocenters. The third-order valence-corrected chi connectivity index (χ3v) is 5.32. The second-order valence-electron chi connectivity index (χ2n) is 2.76. The van der Waals surface area contributed by atoms with E-state index in [1.54, 1.807) is 0 Å². The molecule has 0 aromatic carbocycles. The van der Waals surface area contributed by atoms with Crippen LogP contribution < -0.4 is 4.72 Å². The number of hydrogen-bond donors (Lipinski definition) is 2. The van der Waals surface area contributed by atoms with E-state index in [-0.39, 0.29) is 10.0 Å². The number of hydrogen-bond acceptors (Lipinski definition) is 4. The molecule has 2 aromatic heterocycles. The maximum atomic E-state index is 11.8. The number of anilines is 1. The molecule has 9 heteroatoms. The van der Waals surface area contributed by atoms with Crippen LogP contribution in [0.1, 0.15) is 0 Å². The molecule has 2 heterocycles. The predicted octanol–water partition coefficient (Wildman–Crippen LogP) is 2.69. The largest absolute Gasteiger partial charge is 0.272 e. The van der Waals surface area contributed by atoms with E-state index in [1.165, 1.54) is 18.3 Å². The molecule has 0 radical (unpaired) electrons. The molecular formula is C7H5BrClN3O2S2. The van der Waals surface area contributed by atoms with Gasteiger partial charge in [0.2, 0.25) is 0 Å². The molecule has 0 bridgehead atoms. The van der Waals surface area contributed by atoms with Crippen molar-refractivity contribution in [2.24, 2.45) is 0 Å². The molecule has 0 aliphatic heterocycles. The fraction of sp³-hybridized carbons (Fsp3) is 0. The predicted molar refractivity (Wildman–Crippen MR) is 66.4 cm³/mol. The van der Waals surface area contributed by atoms with Gasteiger partial charge in [0.15, 0.2) is 0 Å². The Morgan fingerprint density at radius 3 is 2.75 bits per heavy atom. The summed E-state index contributed by atoms with van der Waals surface area (Å²) < 4.78 is 27.1. The zero-order valence-corrected chi connectivity index (χ0v) is 11.5. The lowest BCUT2D eigenvalue weighted by Crippen LogP contribution is -2.12. The van der Waals surface area contributed by atoms with Crippen molar-refractivity contribution in [1.29, 1.82) is 0 Å². The van der Waals surface area contributed by atoms with Gasteiger partial charge in [0.25, 0.3) is 10.0 Å². The van der Waals surface area contributed by atoms with Gasteiger partial charge in [-0.1, -0.05) is 11.6 Å². The Morgan fingerprint density at radius 1 is 1.50 bits per heavy atom. The molecule has 86 valence electrons. The van der Waals surface area contributed by atoms with E-state index < -0.39 is 10.0 Å². The van der Waals surface area contributed by atoms with Gasteiger partial charge in [-0.25, -0.2) is 8.42 Å². The van der Waals surface area contributed by atoms with Crippen molar-refractivity contribution >= 4 is 54.7 Å². The second kappa shape index (κ2) is 4.36. The summed E-state index contributed by atoms with van der Waals surface area (Å²) in [7, 11) is -3.60. The highest BCUT2D eigenvalue weighted by Crippen LogP contribution is 2.28. The van der Waals surface area contributed by atoms with Crippen LogP contribution in [0.2, 0.25) is 4.34 Å². The molecule has 16 heavy (non-hydrogen) atoms. The second-order valence-corrected chi connectivity index (χ2v) is 7.24. The number of H-pyrrole nitrogens is 1. The smallest absolute Gasteiger partial charge is 0.262 e. The molecule has 0 aliphatic rings. The SMILES string of the molecule is O=S(=O)(Nc1[nH]ncc1Br)c1ccc(Cl)s1.